The second-order valence-corrected chi connectivity index (χ2v) is 5.72. The van der Waals surface area contributed by atoms with Gasteiger partial charge in [-0.25, -0.2) is 4.39 Å². The summed E-state index contributed by atoms with van der Waals surface area (Å²) in [6, 6.07) is 5.30. The van der Waals surface area contributed by atoms with Gasteiger partial charge in [-0.05, 0) is 52.0 Å². The SMILES string of the molecule is CCCNCc1ccc(F)c(-c2cscc2Br)c1. The van der Waals surface area contributed by atoms with E-state index in [1.165, 1.54) is 0 Å². The van der Waals surface area contributed by atoms with Crippen LogP contribution in [0.4, 0.5) is 4.39 Å². The maximum Gasteiger partial charge on any atom is 0.131 e. The van der Waals surface area contributed by atoms with Crippen molar-refractivity contribution in [2.24, 2.45) is 0 Å². The Morgan fingerprint density at radius 1 is 1.28 bits per heavy atom. The van der Waals surface area contributed by atoms with Crippen LogP contribution in [0.2, 0.25) is 0 Å². The Hall–Kier alpha value is -0.710. The molecule has 1 aromatic carbocycles. The molecule has 0 aliphatic carbocycles. The molecule has 0 fully saturated rings. The lowest BCUT2D eigenvalue weighted by molar-refractivity contribution is 0.628. The van der Waals surface area contributed by atoms with E-state index in [4.69, 9.17) is 0 Å². The fourth-order valence-corrected chi connectivity index (χ4v) is 3.28. The highest BCUT2D eigenvalue weighted by Crippen LogP contribution is 2.33. The van der Waals surface area contributed by atoms with E-state index in [-0.39, 0.29) is 5.82 Å². The van der Waals surface area contributed by atoms with Crippen molar-refractivity contribution in [1.29, 1.82) is 0 Å². The second-order valence-electron chi connectivity index (χ2n) is 4.12. The first kappa shape index (κ1) is 13.7. The minimum atomic E-state index is -0.173. The molecule has 18 heavy (non-hydrogen) atoms. The largest absolute Gasteiger partial charge is 0.313 e. The lowest BCUT2D eigenvalue weighted by atomic mass is 10.1. The van der Waals surface area contributed by atoms with Gasteiger partial charge in [0.15, 0.2) is 0 Å². The third-order valence-electron chi connectivity index (χ3n) is 2.69. The standard InChI is InChI=1S/C14H15BrFNS/c1-2-5-17-7-10-3-4-14(16)11(6-10)12-8-18-9-13(12)15/h3-4,6,8-9,17H,2,5,7H2,1H3. The summed E-state index contributed by atoms with van der Waals surface area (Å²) in [7, 11) is 0. The van der Waals surface area contributed by atoms with Crippen LogP contribution >= 0.6 is 27.3 Å². The molecule has 0 aliphatic rings. The maximum atomic E-state index is 13.9. The molecule has 96 valence electrons. The van der Waals surface area contributed by atoms with Crippen molar-refractivity contribution in [3.05, 3.63) is 44.8 Å². The van der Waals surface area contributed by atoms with Crippen LogP contribution in [0.3, 0.4) is 0 Å². The minimum Gasteiger partial charge on any atom is -0.313 e. The summed E-state index contributed by atoms with van der Waals surface area (Å²) in [4.78, 5) is 0. The van der Waals surface area contributed by atoms with Gasteiger partial charge >= 0.3 is 0 Å². The van der Waals surface area contributed by atoms with Gasteiger partial charge in [0, 0.05) is 27.5 Å². The zero-order chi connectivity index (χ0) is 13.0. The van der Waals surface area contributed by atoms with Crippen molar-refractivity contribution in [1.82, 2.24) is 5.32 Å². The molecule has 0 unspecified atom stereocenters. The number of nitrogens with one attached hydrogen (secondary N) is 1. The highest BCUT2D eigenvalue weighted by Gasteiger charge is 2.10. The third kappa shape index (κ3) is 3.19. The van der Waals surface area contributed by atoms with Crippen molar-refractivity contribution < 1.29 is 4.39 Å². The van der Waals surface area contributed by atoms with Crippen molar-refractivity contribution in [3.8, 4) is 11.1 Å². The van der Waals surface area contributed by atoms with E-state index in [9.17, 15) is 4.39 Å². The lowest BCUT2D eigenvalue weighted by Gasteiger charge is -2.07. The van der Waals surface area contributed by atoms with Crippen molar-refractivity contribution in [2.45, 2.75) is 19.9 Å². The fraction of sp³-hybridized carbons (Fsp3) is 0.286. The van der Waals surface area contributed by atoms with Crippen LogP contribution in [0, 0.1) is 5.82 Å². The molecule has 0 bridgehead atoms. The summed E-state index contributed by atoms with van der Waals surface area (Å²) in [5, 5.41) is 7.26. The molecule has 0 amide bonds. The van der Waals surface area contributed by atoms with E-state index >= 15 is 0 Å². The predicted octanol–water partition coefficient (Wildman–Crippen LogP) is 4.82. The number of hydrogen-bond acceptors (Lipinski definition) is 2. The van der Waals surface area contributed by atoms with Crippen LogP contribution in [0.1, 0.15) is 18.9 Å². The van der Waals surface area contributed by atoms with Gasteiger partial charge in [0.25, 0.3) is 0 Å². The minimum absolute atomic E-state index is 0.173. The van der Waals surface area contributed by atoms with Crippen molar-refractivity contribution in [2.75, 3.05) is 6.54 Å². The van der Waals surface area contributed by atoms with E-state index in [1.807, 2.05) is 22.9 Å². The highest BCUT2D eigenvalue weighted by atomic mass is 79.9. The van der Waals surface area contributed by atoms with Gasteiger partial charge in [0.1, 0.15) is 5.82 Å². The van der Waals surface area contributed by atoms with Crippen LogP contribution in [-0.2, 0) is 6.54 Å². The molecular weight excluding hydrogens is 313 g/mol. The fourth-order valence-electron chi connectivity index (χ4n) is 1.77. The topological polar surface area (TPSA) is 12.0 Å². The van der Waals surface area contributed by atoms with Gasteiger partial charge in [0.2, 0.25) is 0 Å². The Kier molecular flexibility index (Phi) is 4.92. The average molecular weight is 328 g/mol. The monoisotopic (exact) mass is 327 g/mol. The molecule has 0 saturated heterocycles. The molecule has 0 saturated carbocycles. The Morgan fingerprint density at radius 3 is 2.78 bits per heavy atom. The summed E-state index contributed by atoms with van der Waals surface area (Å²) in [5.41, 5.74) is 2.70. The van der Waals surface area contributed by atoms with E-state index in [1.54, 1.807) is 17.4 Å². The van der Waals surface area contributed by atoms with Crippen LogP contribution in [-0.4, -0.2) is 6.54 Å². The molecule has 2 rings (SSSR count). The van der Waals surface area contributed by atoms with Gasteiger partial charge in [-0.3, -0.25) is 0 Å². The molecule has 0 aliphatic heterocycles. The number of benzene rings is 1. The van der Waals surface area contributed by atoms with Gasteiger partial charge in [-0.1, -0.05) is 13.0 Å². The zero-order valence-corrected chi connectivity index (χ0v) is 12.6. The van der Waals surface area contributed by atoms with Crippen molar-refractivity contribution >= 4 is 27.3 Å². The molecular formula is C14H15BrFNS. The highest BCUT2D eigenvalue weighted by molar-refractivity contribution is 9.10. The Balaban J connectivity index is 2.25. The molecule has 1 nitrogen and oxygen atoms in total. The zero-order valence-electron chi connectivity index (χ0n) is 10.2. The van der Waals surface area contributed by atoms with E-state index in [0.717, 1.165) is 35.1 Å². The third-order valence-corrected chi connectivity index (χ3v) is 4.39. The molecule has 0 atom stereocenters. The quantitative estimate of drug-likeness (QED) is 0.776. The summed E-state index contributed by atoms with van der Waals surface area (Å²) in [5.74, 6) is -0.173. The first-order chi connectivity index (χ1) is 8.72. The number of thiophene rings is 1. The van der Waals surface area contributed by atoms with Gasteiger partial charge < -0.3 is 5.32 Å². The van der Waals surface area contributed by atoms with Gasteiger partial charge in [0.05, 0.1) is 0 Å². The Morgan fingerprint density at radius 2 is 2.11 bits per heavy atom. The number of rotatable bonds is 5. The molecule has 0 radical (unpaired) electrons. The van der Waals surface area contributed by atoms with Crippen molar-refractivity contribution in [3.63, 3.8) is 0 Å². The maximum absolute atomic E-state index is 13.9. The molecule has 1 aromatic heterocycles. The summed E-state index contributed by atoms with van der Waals surface area (Å²) >= 11 is 5.02. The summed E-state index contributed by atoms with van der Waals surface area (Å²) in [6.45, 7) is 3.89. The van der Waals surface area contributed by atoms with Crippen LogP contribution < -0.4 is 5.32 Å². The van der Waals surface area contributed by atoms with E-state index in [2.05, 4.69) is 28.2 Å². The molecule has 2 aromatic rings. The summed E-state index contributed by atoms with van der Waals surface area (Å²) in [6.07, 6.45) is 1.10. The average Bonchev–Trinajstić information content (AvgIpc) is 2.78. The van der Waals surface area contributed by atoms with Crippen LogP contribution in [0.25, 0.3) is 11.1 Å². The molecule has 1 N–H and O–H groups in total. The molecule has 0 spiro atoms. The Labute approximate surface area is 119 Å². The number of hydrogen-bond donors (Lipinski definition) is 1. The van der Waals surface area contributed by atoms with E-state index in [0.29, 0.717) is 5.56 Å². The summed E-state index contributed by atoms with van der Waals surface area (Å²) < 4.78 is 14.8. The molecule has 1 heterocycles. The van der Waals surface area contributed by atoms with Crippen LogP contribution in [0.5, 0.6) is 0 Å². The second kappa shape index (κ2) is 6.45. The van der Waals surface area contributed by atoms with Gasteiger partial charge in [-0.15, -0.1) is 0 Å². The molecule has 4 heteroatoms. The predicted molar refractivity (Wildman–Crippen MR) is 79.4 cm³/mol. The van der Waals surface area contributed by atoms with Gasteiger partial charge in [-0.2, -0.15) is 11.3 Å². The first-order valence-electron chi connectivity index (χ1n) is 5.93. The normalized spacial score (nSPS) is 10.8. The number of halogens is 2. The smallest absolute Gasteiger partial charge is 0.131 e. The van der Waals surface area contributed by atoms with E-state index < -0.39 is 0 Å². The Bertz CT molecular complexity index is 524. The first-order valence-corrected chi connectivity index (χ1v) is 7.67. The van der Waals surface area contributed by atoms with Crippen LogP contribution in [0.15, 0.2) is 33.4 Å². The lowest BCUT2D eigenvalue weighted by Crippen LogP contribution is -2.13.